The van der Waals surface area contributed by atoms with Gasteiger partial charge in [0.25, 0.3) is 0 Å². The number of unbranched alkanes of at least 4 members (excludes halogenated alkanes) is 9. The van der Waals surface area contributed by atoms with Gasteiger partial charge >= 0.3 is 17.9 Å². The van der Waals surface area contributed by atoms with Gasteiger partial charge < -0.3 is 23.8 Å². The predicted molar refractivity (Wildman–Crippen MR) is 252 cm³/mol. The Hall–Kier alpha value is -4.01. The Bertz CT molecular complexity index is 1340. The summed E-state index contributed by atoms with van der Waals surface area (Å²) in [5.74, 6) is -1.56. The molecule has 0 fully saturated rings. The maximum atomic E-state index is 12.7. The zero-order chi connectivity index (χ0) is 44.2. The van der Waals surface area contributed by atoms with Crippen LogP contribution in [0.15, 0.2) is 109 Å². The van der Waals surface area contributed by atoms with Crippen LogP contribution in [0, 0.1) is 0 Å². The molecule has 0 saturated carbocycles. The summed E-state index contributed by atoms with van der Waals surface area (Å²) in [4.78, 5) is 37.0. The van der Waals surface area contributed by atoms with Crippen LogP contribution in [-0.2, 0) is 28.6 Å². The number of hydrogen-bond acceptors (Lipinski definition) is 6. The lowest BCUT2D eigenvalue weighted by Crippen LogP contribution is -2.50. The van der Waals surface area contributed by atoms with Crippen LogP contribution < -0.4 is 0 Å². The van der Waals surface area contributed by atoms with Crippen molar-refractivity contribution >= 4 is 17.9 Å². The standard InChI is InChI=1S/C52H83NO7/c1-6-8-10-12-14-16-18-20-22-23-24-25-26-27-29-30-32-34-36-38-40-42-50(54)59-47-48(46-58-45-44-49(52(56)57)53(3,4)5)60-51(55)43-41-39-37-35-33-31-28-21-19-17-15-13-11-9-7-2/h8-11,13-17,19-20,22,24-25,27,29,32,34,48-49H,6-7,12,18,21,23,26,28,30-31,33,35-47H2,1-5H3/p+1/b10-8+,11-9+,15-13+,16-14+,19-17+,22-20+,25-24+,29-27+,34-32+. The molecule has 0 radical (unpaired) electrons. The summed E-state index contributed by atoms with van der Waals surface area (Å²) in [6.07, 6.45) is 57.1. The first kappa shape index (κ1) is 56.0. The van der Waals surface area contributed by atoms with Crippen molar-refractivity contribution in [2.24, 2.45) is 0 Å². The first-order chi connectivity index (χ1) is 29.1. The summed E-state index contributed by atoms with van der Waals surface area (Å²) in [6.45, 7) is 4.41. The summed E-state index contributed by atoms with van der Waals surface area (Å²) in [5, 5.41) is 9.63. The molecule has 1 N–H and O–H groups in total. The van der Waals surface area contributed by atoms with Gasteiger partial charge in [0.05, 0.1) is 34.4 Å². The summed E-state index contributed by atoms with van der Waals surface area (Å²) in [6, 6.07) is -0.631. The normalized spacial score (nSPS) is 13.9. The highest BCUT2D eigenvalue weighted by Crippen LogP contribution is 2.13. The quantitative estimate of drug-likeness (QED) is 0.0216. The van der Waals surface area contributed by atoms with Crippen molar-refractivity contribution in [3.63, 3.8) is 0 Å². The highest BCUT2D eigenvalue weighted by molar-refractivity contribution is 5.72. The van der Waals surface area contributed by atoms with Crippen molar-refractivity contribution in [1.29, 1.82) is 0 Å². The smallest absolute Gasteiger partial charge is 0.362 e. The van der Waals surface area contributed by atoms with E-state index < -0.39 is 18.1 Å². The van der Waals surface area contributed by atoms with Gasteiger partial charge in [0.2, 0.25) is 0 Å². The Kier molecular flexibility index (Phi) is 38.9. The number of carbonyl (C=O) groups is 3. The van der Waals surface area contributed by atoms with Gasteiger partial charge in [-0.25, -0.2) is 4.79 Å². The molecule has 2 unspecified atom stereocenters. The van der Waals surface area contributed by atoms with Crippen LogP contribution in [0.2, 0.25) is 0 Å². The van der Waals surface area contributed by atoms with Crippen molar-refractivity contribution in [2.75, 3.05) is 41.0 Å². The van der Waals surface area contributed by atoms with Crippen molar-refractivity contribution < 1.29 is 38.2 Å². The third-order valence-electron chi connectivity index (χ3n) is 9.48. The highest BCUT2D eigenvalue weighted by atomic mass is 16.6. The fourth-order valence-electron chi connectivity index (χ4n) is 5.98. The summed E-state index contributed by atoms with van der Waals surface area (Å²) >= 11 is 0. The molecule has 0 heterocycles. The van der Waals surface area contributed by atoms with E-state index in [-0.39, 0.29) is 36.2 Å². The van der Waals surface area contributed by atoms with Crippen molar-refractivity contribution in [3.05, 3.63) is 109 Å². The second-order valence-corrected chi connectivity index (χ2v) is 16.0. The maximum Gasteiger partial charge on any atom is 0.362 e. The highest BCUT2D eigenvalue weighted by Gasteiger charge is 2.31. The van der Waals surface area contributed by atoms with E-state index in [0.717, 1.165) is 89.9 Å². The van der Waals surface area contributed by atoms with Crippen LogP contribution in [0.1, 0.15) is 149 Å². The topological polar surface area (TPSA) is 99.1 Å². The van der Waals surface area contributed by atoms with Crippen LogP contribution in [0.5, 0.6) is 0 Å². The molecular weight excluding hydrogens is 751 g/mol. The van der Waals surface area contributed by atoms with E-state index in [0.29, 0.717) is 25.7 Å². The molecule has 0 aromatic heterocycles. The molecule has 0 spiro atoms. The molecular formula is C52H84NO7+. The minimum Gasteiger partial charge on any atom is -0.477 e. The van der Waals surface area contributed by atoms with Crippen LogP contribution in [-0.4, -0.2) is 80.6 Å². The molecule has 0 rings (SSSR count). The van der Waals surface area contributed by atoms with Crippen molar-refractivity contribution in [3.8, 4) is 0 Å². The molecule has 8 heteroatoms. The molecule has 0 aromatic carbocycles. The van der Waals surface area contributed by atoms with Gasteiger partial charge in [-0.15, -0.1) is 0 Å². The van der Waals surface area contributed by atoms with Crippen LogP contribution in [0.3, 0.4) is 0 Å². The number of carbonyl (C=O) groups excluding carboxylic acids is 2. The first-order valence-corrected chi connectivity index (χ1v) is 23.0. The number of carboxylic acid groups (broad SMARTS) is 1. The number of likely N-dealkylation sites (N-methyl/N-ethyl adjacent to an activating group) is 1. The lowest BCUT2D eigenvalue weighted by atomic mass is 10.1. The Labute approximate surface area is 366 Å². The number of nitrogens with zero attached hydrogens (tertiary/aromatic N) is 1. The summed E-state index contributed by atoms with van der Waals surface area (Å²) < 4.78 is 17.2. The average molecular weight is 835 g/mol. The maximum absolute atomic E-state index is 12.7. The van der Waals surface area contributed by atoms with E-state index in [1.54, 1.807) is 0 Å². The Morgan fingerprint density at radius 1 is 0.517 bits per heavy atom. The number of hydrogen-bond donors (Lipinski definition) is 1. The zero-order valence-electron chi connectivity index (χ0n) is 38.4. The van der Waals surface area contributed by atoms with E-state index in [1.165, 1.54) is 19.3 Å². The largest absolute Gasteiger partial charge is 0.477 e. The Morgan fingerprint density at radius 3 is 1.52 bits per heavy atom. The Balaban J connectivity index is 4.43. The fraction of sp³-hybridized carbons (Fsp3) is 0.596. The van der Waals surface area contributed by atoms with Crippen LogP contribution in [0.25, 0.3) is 0 Å². The molecule has 60 heavy (non-hydrogen) atoms. The van der Waals surface area contributed by atoms with E-state index in [4.69, 9.17) is 14.2 Å². The first-order valence-electron chi connectivity index (χ1n) is 23.0. The van der Waals surface area contributed by atoms with Gasteiger partial charge in [-0.05, 0) is 83.5 Å². The molecule has 0 aliphatic heterocycles. The number of quaternary nitrogens is 1. The number of esters is 2. The molecule has 0 saturated heterocycles. The molecule has 0 aliphatic rings. The molecule has 338 valence electrons. The summed E-state index contributed by atoms with van der Waals surface area (Å²) in [7, 11) is 5.50. The second kappa shape index (κ2) is 41.7. The van der Waals surface area contributed by atoms with E-state index in [9.17, 15) is 19.5 Å². The zero-order valence-corrected chi connectivity index (χ0v) is 38.4. The number of carboxylic acids is 1. The van der Waals surface area contributed by atoms with Gasteiger partial charge in [0.1, 0.15) is 6.61 Å². The fourth-order valence-corrected chi connectivity index (χ4v) is 5.98. The van der Waals surface area contributed by atoms with E-state index in [2.05, 4.69) is 123 Å². The van der Waals surface area contributed by atoms with Crippen molar-refractivity contribution in [1.82, 2.24) is 0 Å². The van der Waals surface area contributed by atoms with Gasteiger partial charge in [-0.3, -0.25) is 9.59 Å². The van der Waals surface area contributed by atoms with Crippen LogP contribution in [0.4, 0.5) is 0 Å². The van der Waals surface area contributed by atoms with Gasteiger partial charge in [0, 0.05) is 19.3 Å². The number of rotatable bonds is 39. The molecule has 0 aliphatic carbocycles. The SMILES string of the molecule is CC/C=C/C=C/C=C/CCCCCCCCCC(=O)OC(COCCC(C(=O)O)[N+](C)(C)C)COC(=O)CCCC/C=C/C/C=C/C/C=C/C/C=C/C/C=C/C/C=C/CC. The minimum absolute atomic E-state index is 0.0343. The number of aliphatic carboxylic acids is 1. The lowest BCUT2D eigenvalue weighted by molar-refractivity contribution is -0.887. The molecule has 2 atom stereocenters. The lowest BCUT2D eigenvalue weighted by Gasteiger charge is -2.31. The Morgan fingerprint density at radius 2 is 0.967 bits per heavy atom. The second-order valence-electron chi connectivity index (χ2n) is 16.0. The monoisotopic (exact) mass is 835 g/mol. The third-order valence-corrected chi connectivity index (χ3v) is 9.48. The predicted octanol–water partition coefficient (Wildman–Crippen LogP) is 12.9. The van der Waals surface area contributed by atoms with Crippen LogP contribution >= 0.6 is 0 Å². The van der Waals surface area contributed by atoms with E-state index >= 15 is 0 Å². The van der Waals surface area contributed by atoms with Gasteiger partial charge in [-0.2, -0.15) is 0 Å². The number of ether oxygens (including phenoxy) is 3. The molecule has 0 bridgehead atoms. The molecule has 0 amide bonds. The minimum atomic E-state index is -0.889. The van der Waals surface area contributed by atoms with Crippen molar-refractivity contribution in [2.45, 2.75) is 161 Å². The molecule has 8 nitrogen and oxygen atoms in total. The van der Waals surface area contributed by atoms with Gasteiger partial charge in [-0.1, -0.05) is 155 Å². The summed E-state index contributed by atoms with van der Waals surface area (Å²) in [5.41, 5.74) is 0. The van der Waals surface area contributed by atoms with E-state index in [1.807, 2.05) is 21.1 Å². The molecule has 0 aromatic rings. The van der Waals surface area contributed by atoms with Gasteiger partial charge in [0.15, 0.2) is 12.1 Å². The number of allylic oxidation sites excluding steroid dienone is 18. The third kappa shape index (κ3) is 39.5. The average Bonchev–Trinajstić information content (AvgIpc) is 3.21.